The van der Waals surface area contributed by atoms with E-state index in [0.29, 0.717) is 6.61 Å². The number of methoxy groups -OCH3 is 1. The van der Waals surface area contributed by atoms with Gasteiger partial charge in [0.25, 0.3) is 0 Å². The molecule has 118 valence electrons. The fraction of sp³-hybridized carbons (Fsp3) is 0.647. The summed E-state index contributed by atoms with van der Waals surface area (Å²) in [5.74, 6) is -0.102. The molecule has 1 aromatic rings. The number of anilines is 1. The first kappa shape index (κ1) is 16.2. The van der Waals surface area contributed by atoms with Crippen LogP contribution < -0.4 is 10.2 Å². The van der Waals surface area contributed by atoms with E-state index < -0.39 is 0 Å². The molecule has 0 spiro atoms. The topological polar surface area (TPSA) is 24.5 Å². The van der Waals surface area contributed by atoms with Gasteiger partial charge in [0.15, 0.2) is 0 Å². The largest absolute Gasteiger partial charge is 0.383 e. The molecule has 1 aliphatic heterocycles. The van der Waals surface area contributed by atoms with E-state index in [0.717, 1.165) is 43.7 Å². The van der Waals surface area contributed by atoms with Crippen LogP contribution in [0.5, 0.6) is 0 Å². The molecular weight excluding hydrogens is 267 g/mol. The van der Waals surface area contributed by atoms with E-state index >= 15 is 0 Å². The van der Waals surface area contributed by atoms with Gasteiger partial charge in [-0.15, -0.1) is 0 Å². The minimum absolute atomic E-state index is 0.102. The van der Waals surface area contributed by atoms with Crippen LogP contribution in [0.4, 0.5) is 10.1 Å². The Morgan fingerprint density at radius 3 is 2.57 bits per heavy atom. The molecule has 1 aliphatic rings. The molecular formula is C17H27FN2O. The van der Waals surface area contributed by atoms with Crippen LogP contribution in [0.2, 0.25) is 0 Å². The molecule has 2 rings (SSSR count). The maximum absolute atomic E-state index is 14.4. The molecule has 1 saturated heterocycles. The summed E-state index contributed by atoms with van der Waals surface area (Å²) in [5.41, 5.74) is 1.74. The molecule has 4 heteroatoms. The van der Waals surface area contributed by atoms with Gasteiger partial charge in [-0.1, -0.05) is 18.9 Å². The average Bonchev–Trinajstić information content (AvgIpc) is 2.76. The zero-order valence-corrected chi connectivity index (χ0v) is 13.2. The van der Waals surface area contributed by atoms with Gasteiger partial charge in [0.1, 0.15) is 5.82 Å². The quantitative estimate of drug-likeness (QED) is 0.813. The van der Waals surface area contributed by atoms with Crippen molar-refractivity contribution in [3.63, 3.8) is 0 Å². The van der Waals surface area contributed by atoms with Crippen LogP contribution in [-0.2, 0) is 4.74 Å². The number of ether oxygens (including phenoxy) is 1. The molecule has 0 bridgehead atoms. The summed E-state index contributed by atoms with van der Waals surface area (Å²) in [4.78, 5) is 2.19. The van der Waals surface area contributed by atoms with Crippen molar-refractivity contribution >= 4 is 5.69 Å². The van der Waals surface area contributed by atoms with Crippen LogP contribution in [0, 0.1) is 5.82 Å². The summed E-state index contributed by atoms with van der Waals surface area (Å²) in [7, 11) is 1.68. The second-order valence-electron chi connectivity index (χ2n) is 5.78. The predicted octanol–water partition coefficient (Wildman–Crippen LogP) is 3.50. The predicted molar refractivity (Wildman–Crippen MR) is 85.4 cm³/mol. The molecule has 3 nitrogen and oxygen atoms in total. The Morgan fingerprint density at radius 1 is 1.24 bits per heavy atom. The smallest absolute Gasteiger partial charge is 0.146 e. The van der Waals surface area contributed by atoms with Crippen LogP contribution >= 0.6 is 0 Å². The third-order valence-electron chi connectivity index (χ3n) is 4.18. The summed E-state index contributed by atoms with van der Waals surface area (Å²) < 4.78 is 19.4. The van der Waals surface area contributed by atoms with E-state index in [2.05, 4.69) is 17.1 Å². The molecule has 21 heavy (non-hydrogen) atoms. The number of nitrogens with one attached hydrogen (secondary N) is 1. The number of hydrogen-bond acceptors (Lipinski definition) is 3. The molecule has 0 aliphatic carbocycles. The van der Waals surface area contributed by atoms with E-state index in [9.17, 15) is 4.39 Å². The number of hydrogen-bond donors (Lipinski definition) is 1. The maximum Gasteiger partial charge on any atom is 0.146 e. The number of rotatable bonds is 6. The first-order chi connectivity index (χ1) is 10.2. The first-order valence-electron chi connectivity index (χ1n) is 7.99. The Hall–Kier alpha value is -1.13. The van der Waals surface area contributed by atoms with Crippen molar-refractivity contribution in [2.45, 2.75) is 38.6 Å². The van der Waals surface area contributed by atoms with Crippen LogP contribution in [0.15, 0.2) is 18.2 Å². The summed E-state index contributed by atoms with van der Waals surface area (Å²) in [6.07, 6.45) is 4.85. The molecule has 1 fully saturated rings. The number of nitrogens with zero attached hydrogens (tertiary/aromatic N) is 1. The highest BCUT2D eigenvalue weighted by Gasteiger charge is 2.15. The second-order valence-corrected chi connectivity index (χ2v) is 5.78. The third kappa shape index (κ3) is 4.68. The summed E-state index contributed by atoms with van der Waals surface area (Å²) >= 11 is 0. The molecule has 1 atom stereocenters. The van der Waals surface area contributed by atoms with Gasteiger partial charge in [0.05, 0.1) is 12.3 Å². The van der Waals surface area contributed by atoms with Crippen molar-refractivity contribution in [2.75, 3.05) is 38.3 Å². The lowest BCUT2D eigenvalue weighted by atomic mass is 10.1. The summed E-state index contributed by atoms with van der Waals surface area (Å²) in [6.45, 7) is 5.43. The number of halogens is 1. The third-order valence-corrected chi connectivity index (χ3v) is 4.18. The minimum atomic E-state index is -0.102. The Labute approximate surface area is 127 Å². The van der Waals surface area contributed by atoms with Crippen molar-refractivity contribution < 1.29 is 9.13 Å². The fourth-order valence-corrected chi connectivity index (χ4v) is 2.86. The summed E-state index contributed by atoms with van der Waals surface area (Å²) in [6, 6.07) is 5.77. The Morgan fingerprint density at radius 2 is 1.95 bits per heavy atom. The molecule has 0 saturated carbocycles. The van der Waals surface area contributed by atoms with Crippen molar-refractivity contribution in [3.8, 4) is 0 Å². The first-order valence-corrected chi connectivity index (χ1v) is 7.99. The lowest BCUT2D eigenvalue weighted by Crippen LogP contribution is -2.26. The highest BCUT2D eigenvalue weighted by molar-refractivity contribution is 5.49. The normalized spacial score (nSPS) is 17.6. The lowest BCUT2D eigenvalue weighted by Gasteiger charge is -2.24. The zero-order chi connectivity index (χ0) is 15.1. The van der Waals surface area contributed by atoms with Crippen molar-refractivity contribution in [2.24, 2.45) is 0 Å². The van der Waals surface area contributed by atoms with E-state index in [1.165, 1.54) is 12.8 Å². The van der Waals surface area contributed by atoms with Crippen LogP contribution in [0.3, 0.4) is 0 Å². The minimum Gasteiger partial charge on any atom is -0.383 e. The van der Waals surface area contributed by atoms with E-state index in [1.807, 2.05) is 12.1 Å². The second kappa shape index (κ2) is 8.35. The summed E-state index contributed by atoms with van der Waals surface area (Å²) in [5, 5.41) is 3.33. The van der Waals surface area contributed by atoms with Gasteiger partial charge < -0.3 is 15.0 Å². The highest BCUT2D eigenvalue weighted by atomic mass is 19.1. The van der Waals surface area contributed by atoms with E-state index in [1.54, 1.807) is 13.2 Å². The van der Waals surface area contributed by atoms with Crippen molar-refractivity contribution in [3.05, 3.63) is 29.6 Å². The molecule has 0 radical (unpaired) electrons. The van der Waals surface area contributed by atoms with Gasteiger partial charge >= 0.3 is 0 Å². The van der Waals surface area contributed by atoms with Gasteiger partial charge in [0, 0.05) is 32.8 Å². The average molecular weight is 294 g/mol. The lowest BCUT2D eigenvalue weighted by molar-refractivity contribution is 0.196. The molecule has 0 aromatic heterocycles. The Bertz CT molecular complexity index is 431. The van der Waals surface area contributed by atoms with E-state index in [-0.39, 0.29) is 11.9 Å². The molecule has 0 unspecified atom stereocenters. The van der Waals surface area contributed by atoms with Crippen molar-refractivity contribution in [1.82, 2.24) is 5.32 Å². The zero-order valence-electron chi connectivity index (χ0n) is 13.2. The van der Waals surface area contributed by atoms with Crippen LogP contribution in [0.25, 0.3) is 0 Å². The monoisotopic (exact) mass is 294 g/mol. The number of benzene rings is 1. The van der Waals surface area contributed by atoms with Crippen LogP contribution in [-0.4, -0.2) is 33.4 Å². The van der Waals surface area contributed by atoms with Gasteiger partial charge in [-0.3, -0.25) is 0 Å². The SMILES string of the molecule is COCCN[C@@H](C)c1ccc(N2CCCCCC2)c(F)c1. The van der Waals surface area contributed by atoms with Gasteiger partial charge in [-0.25, -0.2) is 4.39 Å². The van der Waals surface area contributed by atoms with E-state index in [4.69, 9.17) is 4.74 Å². The molecule has 0 amide bonds. The Balaban J connectivity index is 2.02. The van der Waals surface area contributed by atoms with Gasteiger partial charge in [-0.2, -0.15) is 0 Å². The van der Waals surface area contributed by atoms with Gasteiger partial charge in [0.2, 0.25) is 0 Å². The molecule has 1 heterocycles. The van der Waals surface area contributed by atoms with Crippen molar-refractivity contribution in [1.29, 1.82) is 0 Å². The fourth-order valence-electron chi connectivity index (χ4n) is 2.86. The Kier molecular flexibility index (Phi) is 6.46. The highest BCUT2D eigenvalue weighted by Crippen LogP contribution is 2.25. The standard InChI is InChI=1S/C17H27FN2O/c1-14(19-9-12-21-2)15-7-8-17(16(18)13-15)20-10-5-3-4-6-11-20/h7-8,13-14,19H,3-6,9-12H2,1-2H3/t14-/m0/s1. The molecule has 1 aromatic carbocycles. The van der Waals surface area contributed by atoms with Gasteiger partial charge in [-0.05, 0) is 37.5 Å². The van der Waals surface area contributed by atoms with Crippen LogP contribution in [0.1, 0.15) is 44.2 Å². The molecule has 1 N–H and O–H groups in total. The maximum atomic E-state index is 14.4.